The van der Waals surface area contributed by atoms with E-state index in [1.54, 1.807) is 0 Å². The molecule has 1 heterocycles. The fourth-order valence-electron chi connectivity index (χ4n) is 2.68. The van der Waals surface area contributed by atoms with Crippen LogP contribution >= 0.6 is 0 Å². The average Bonchev–Trinajstić information content (AvgIpc) is 2.30. The molecule has 0 aliphatic carbocycles. The van der Waals surface area contributed by atoms with Crippen LogP contribution in [0.4, 0.5) is 0 Å². The number of hydrogen-bond donors (Lipinski definition) is 1. The Morgan fingerprint density at radius 2 is 1.89 bits per heavy atom. The van der Waals surface area contributed by atoms with Crippen molar-refractivity contribution in [2.75, 3.05) is 31.1 Å². The van der Waals surface area contributed by atoms with E-state index < -0.39 is 9.84 Å². The van der Waals surface area contributed by atoms with Crippen LogP contribution in [0.3, 0.4) is 0 Å². The Hall–Kier alpha value is -0.130. The lowest BCUT2D eigenvalue weighted by Crippen LogP contribution is -2.62. The standard InChI is InChI=1S/C14H30N2O2S/c1-5-7-13-11-16(14(3,4)12-15-13)8-10-19(17,18)9-6-2/h13,15H,5-12H2,1-4H3. The predicted octanol–water partition coefficient (Wildman–Crippen LogP) is 1.66. The summed E-state index contributed by atoms with van der Waals surface area (Å²) >= 11 is 0. The largest absolute Gasteiger partial charge is 0.311 e. The molecule has 1 atom stereocenters. The normalized spacial score (nSPS) is 24.5. The van der Waals surface area contributed by atoms with Crippen LogP contribution in [-0.2, 0) is 9.84 Å². The first-order valence-corrected chi connectivity index (χ1v) is 9.31. The highest BCUT2D eigenvalue weighted by molar-refractivity contribution is 7.91. The van der Waals surface area contributed by atoms with E-state index in [-0.39, 0.29) is 5.54 Å². The second-order valence-electron chi connectivity index (χ2n) is 6.28. The molecule has 19 heavy (non-hydrogen) atoms. The molecule has 1 aliphatic rings. The van der Waals surface area contributed by atoms with E-state index in [2.05, 4.69) is 31.0 Å². The number of piperazine rings is 1. The molecule has 1 saturated heterocycles. The fourth-order valence-corrected chi connectivity index (χ4v) is 4.01. The molecular weight excluding hydrogens is 260 g/mol. The Morgan fingerprint density at radius 3 is 2.47 bits per heavy atom. The van der Waals surface area contributed by atoms with Gasteiger partial charge in [0.05, 0.1) is 5.75 Å². The number of rotatable bonds is 7. The zero-order valence-corrected chi connectivity index (χ0v) is 13.7. The third kappa shape index (κ3) is 5.40. The maximum atomic E-state index is 11.8. The maximum Gasteiger partial charge on any atom is 0.151 e. The smallest absolute Gasteiger partial charge is 0.151 e. The van der Waals surface area contributed by atoms with E-state index in [1.165, 1.54) is 6.42 Å². The minimum atomic E-state index is -2.87. The molecular formula is C14H30N2O2S. The highest BCUT2D eigenvalue weighted by Crippen LogP contribution is 2.20. The van der Waals surface area contributed by atoms with Gasteiger partial charge < -0.3 is 5.32 Å². The van der Waals surface area contributed by atoms with Gasteiger partial charge >= 0.3 is 0 Å². The minimum Gasteiger partial charge on any atom is -0.311 e. The van der Waals surface area contributed by atoms with E-state index in [9.17, 15) is 8.42 Å². The van der Waals surface area contributed by atoms with Gasteiger partial charge in [-0.05, 0) is 26.7 Å². The number of nitrogens with one attached hydrogen (secondary N) is 1. The minimum absolute atomic E-state index is 0.0476. The summed E-state index contributed by atoms with van der Waals surface area (Å²) in [6, 6.07) is 0.506. The van der Waals surface area contributed by atoms with Gasteiger partial charge in [-0.3, -0.25) is 4.90 Å². The monoisotopic (exact) mass is 290 g/mol. The van der Waals surface area contributed by atoms with Crippen LogP contribution < -0.4 is 5.32 Å². The van der Waals surface area contributed by atoms with Gasteiger partial charge in [-0.1, -0.05) is 20.3 Å². The lowest BCUT2D eigenvalue weighted by Gasteiger charge is -2.46. The van der Waals surface area contributed by atoms with Gasteiger partial charge in [0.15, 0.2) is 9.84 Å². The van der Waals surface area contributed by atoms with E-state index in [0.29, 0.717) is 30.5 Å². The molecule has 0 aromatic heterocycles. The van der Waals surface area contributed by atoms with Crippen LogP contribution in [0.25, 0.3) is 0 Å². The highest BCUT2D eigenvalue weighted by atomic mass is 32.2. The molecule has 1 N–H and O–H groups in total. The highest BCUT2D eigenvalue weighted by Gasteiger charge is 2.33. The molecule has 0 radical (unpaired) electrons. The zero-order chi connectivity index (χ0) is 14.5. The van der Waals surface area contributed by atoms with Gasteiger partial charge in [0, 0.05) is 37.0 Å². The summed E-state index contributed by atoms with van der Waals surface area (Å²) in [7, 11) is -2.87. The summed E-state index contributed by atoms with van der Waals surface area (Å²) in [6.45, 7) is 11.1. The van der Waals surface area contributed by atoms with Gasteiger partial charge in [0.2, 0.25) is 0 Å². The molecule has 0 saturated carbocycles. The number of nitrogens with zero attached hydrogens (tertiary/aromatic N) is 1. The topological polar surface area (TPSA) is 49.4 Å². The van der Waals surface area contributed by atoms with E-state index in [4.69, 9.17) is 0 Å². The maximum absolute atomic E-state index is 11.8. The summed E-state index contributed by atoms with van der Waals surface area (Å²) in [5, 5.41) is 3.57. The lowest BCUT2D eigenvalue weighted by molar-refractivity contribution is 0.0702. The molecule has 0 bridgehead atoms. The van der Waals surface area contributed by atoms with Crippen molar-refractivity contribution >= 4 is 9.84 Å². The quantitative estimate of drug-likeness (QED) is 0.775. The summed E-state index contributed by atoms with van der Waals surface area (Å²) in [5.41, 5.74) is 0.0476. The first-order chi connectivity index (χ1) is 8.80. The fraction of sp³-hybridized carbons (Fsp3) is 1.00. The van der Waals surface area contributed by atoms with Gasteiger partial charge in [0.25, 0.3) is 0 Å². The van der Waals surface area contributed by atoms with Crippen molar-refractivity contribution < 1.29 is 8.42 Å². The Morgan fingerprint density at radius 1 is 1.21 bits per heavy atom. The van der Waals surface area contributed by atoms with Crippen LogP contribution in [0.15, 0.2) is 0 Å². The number of sulfone groups is 1. The molecule has 1 fully saturated rings. The van der Waals surface area contributed by atoms with E-state index in [1.807, 2.05) is 6.92 Å². The first-order valence-electron chi connectivity index (χ1n) is 7.49. The molecule has 0 aromatic rings. The van der Waals surface area contributed by atoms with Crippen LogP contribution in [0.1, 0.15) is 47.0 Å². The van der Waals surface area contributed by atoms with Crippen LogP contribution in [0, 0.1) is 0 Å². The van der Waals surface area contributed by atoms with Crippen molar-refractivity contribution in [3.05, 3.63) is 0 Å². The van der Waals surface area contributed by atoms with Crippen molar-refractivity contribution in [3.63, 3.8) is 0 Å². The second kappa shape index (κ2) is 7.04. The van der Waals surface area contributed by atoms with Gasteiger partial charge in [-0.25, -0.2) is 8.42 Å². The van der Waals surface area contributed by atoms with Crippen molar-refractivity contribution in [1.29, 1.82) is 0 Å². The second-order valence-corrected chi connectivity index (χ2v) is 8.58. The van der Waals surface area contributed by atoms with Gasteiger partial charge in [0.1, 0.15) is 0 Å². The Balaban J connectivity index is 2.57. The third-order valence-electron chi connectivity index (χ3n) is 3.94. The van der Waals surface area contributed by atoms with E-state index >= 15 is 0 Å². The molecule has 0 aromatic carbocycles. The summed E-state index contributed by atoms with van der Waals surface area (Å²) < 4.78 is 23.7. The van der Waals surface area contributed by atoms with Crippen molar-refractivity contribution in [3.8, 4) is 0 Å². The average molecular weight is 290 g/mol. The van der Waals surface area contributed by atoms with Crippen molar-refractivity contribution in [2.24, 2.45) is 0 Å². The summed E-state index contributed by atoms with van der Waals surface area (Å²) in [5.74, 6) is 0.612. The predicted molar refractivity (Wildman–Crippen MR) is 81.3 cm³/mol. The van der Waals surface area contributed by atoms with Crippen LogP contribution in [0.5, 0.6) is 0 Å². The molecule has 0 spiro atoms. The van der Waals surface area contributed by atoms with Crippen LogP contribution in [0.2, 0.25) is 0 Å². The third-order valence-corrected chi connectivity index (χ3v) is 5.78. The first kappa shape index (κ1) is 16.9. The summed E-state index contributed by atoms with van der Waals surface area (Å²) in [4.78, 5) is 2.34. The molecule has 1 unspecified atom stereocenters. The zero-order valence-electron chi connectivity index (χ0n) is 12.9. The SMILES string of the molecule is CCCC1CN(CCS(=O)(=O)CCC)C(C)(C)CN1. The Labute approximate surface area is 118 Å². The van der Waals surface area contributed by atoms with Crippen molar-refractivity contribution in [1.82, 2.24) is 10.2 Å². The van der Waals surface area contributed by atoms with E-state index in [0.717, 1.165) is 19.5 Å². The molecule has 1 aliphatic heterocycles. The summed E-state index contributed by atoms with van der Waals surface area (Å²) in [6.07, 6.45) is 3.04. The Bertz CT molecular complexity index is 366. The van der Waals surface area contributed by atoms with Crippen molar-refractivity contribution in [2.45, 2.75) is 58.5 Å². The molecule has 1 rings (SSSR count). The molecule has 0 amide bonds. The Kier molecular flexibility index (Phi) is 6.27. The van der Waals surface area contributed by atoms with Crippen LogP contribution in [-0.4, -0.2) is 56.0 Å². The molecule has 4 nitrogen and oxygen atoms in total. The molecule has 114 valence electrons. The lowest BCUT2D eigenvalue weighted by atomic mass is 9.96. The number of hydrogen-bond acceptors (Lipinski definition) is 4. The molecule has 5 heteroatoms. The van der Waals surface area contributed by atoms with Gasteiger partial charge in [-0.15, -0.1) is 0 Å². The van der Waals surface area contributed by atoms with Gasteiger partial charge in [-0.2, -0.15) is 0 Å².